The van der Waals surface area contributed by atoms with Crippen LogP contribution >= 0.6 is 15.9 Å². The van der Waals surface area contributed by atoms with E-state index < -0.39 is 0 Å². The summed E-state index contributed by atoms with van der Waals surface area (Å²) in [6.07, 6.45) is 8.29. The maximum absolute atomic E-state index is 5.60. The normalized spacial score (nSPS) is 18.4. The third-order valence-electron chi connectivity index (χ3n) is 2.80. The first-order valence-corrected chi connectivity index (χ1v) is 5.84. The van der Waals surface area contributed by atoms with Gasteiger partial charge in [0.05, 0.1) is 11.9 Å². The highest BCUT2D eigenvalue weighted by molar-refractivity contribution is 9.10. The quantitative estimate of drug-likeness (QED) is 0.840. The van der Waals surface area contributed by atoms with E-state index in [-0.39, 0.29) is 0 Å². The van der Waals surface area contributed by atoms with Gasteiger partial charge in [0.1, 0.15) is 4.60 Å². The molecule has 4 heteroatoms. The number of nitrogens with zero attached hydrogens (tertiary/aromatic N) is 2. The molecule has 0 atom stereocenters. The number of halogens is 1. The standard InChI is InChI=1S/C10H14BrN3/c11-9-10(12)13-6-8(14-9)7-4-2-1-3-5-7/h6-7H,1-5H2,(H2,12,13). The molecular weight excluding hydrogens is 242 g/mol. The van der Waals surface area contributed by atoms with Crippen molar-refractivity contribution < 1.29 is 0 Å². The lowest BCUT2D eigenvalue weighted by Gasteiger charge is -2.20. The van der Waals surface area contributed by atoms with Crippen molar-refractivity contribution in [3.05, 3.63) is 16.5 Å². The second kappa shape index (κ2) is 4.26. The summed E-state index contributed by atoms with van der Waals surface area (Å²) in [7, 11) is 0. The number of nitrogen functional groups attached to an aromatic ring is 1. The number of nitrogens with two attached hydrogens (primary N) is 1. The fraction of sp³-hybridized carbons (Fsp3) is 0.600. The molecule has 0 bridgehead atoms. The van der Waals surface area contributed by atoms with Crippen molar-refractivity contribution in [2.24, 2.45) is 0 Å². The molecule has 1 aliphatic rings. The summed E-state index contributed by atoms with van der Waals surface area (Å²) < 4.78 is 0.681. The van der Waals surface area contributed by atoms with E-state index in [1.54, 1.807) is 0 Å². The second-order valence-electron chi connectivity index (χ2n) is 3.81. The summed E-state index contributed by atoms with van der Waals surface area (Å²) in [5.74, 6) is 1.07. The van der Waals surface area contributed by atoms with Gasteiger partial charge in [0, 0.05) is 5.92 Å². The van der Waals surface area contributed by atoms with E-state index in [4.69, 9.17) is 5.73 Å². The smallest absolute Gasteiger partial charge is 0.156 e. The maximum Gasteiger partial charge on any atom is 0.156 e. The Morgan fingerprint density at radius 3 is 2.64 bits per heavy atom. The second-order valence-corrected chi connectivity index (χ2v) is 4.56. The minimum absolute atomic E-state index is 0.476. The van der Waals surface area contributed by atoms with Crippen LogP contribution in [0.3, 0.4) is 0 Å². The number of hydrogen-bond acceptors (Lipinski definition) is 3. The van der Waals surface area contributed by atoms with Gasteiger partial charge in [0.2, 0.25) is 0 Å². The molecule has 0 saturated heterocycles. The van der Waals surface area contributed by atoms with Crippen molar-refractivity contribution in [2.45, 2.75) is 38.0 Å². The topological polar surface area (TPSA) is 51.8 Å². The predicted octanol–water partition coefficient (Wildman–Crippen LogP) is 2.87. The first-order valence-electron chi connectivity index (χ1n) is 5.05. The molecule has 0 radical (unpaired) electrons. The Morgan fingerprint density at radius 1 is 1.29 bits per heavy atom. The molecule has 14 heavy (non-hydrogen) atoms. The molecule has 0 aliphatic heterocycles. The van der Waals surface area contributed by atoms with Crippen LogP contribution in [0.5, 0.6) is 0 Å². The molecule has 0 amide bonds. The highest BCUT2D eigenvalue weighted by atomic mass is 79.9. The molecule has 1 aliphatic carbocycles. The van der Waals surface area contributed by atoms with Gasteiger partial charge in [-0.2, -0.15) is 0 Å². The molecule has 1 heterocycles. The van der Waals surface area contributed by atoms with E-state index in [2.05, 4.69) is 25.9 Å². The van der Waals surface area contributed by atoms with Crippen LogP contribution in [0.4, 0.5) is 5.82 Å². The van der Waals surface area contributed by atoms with Gasteiger partial charge in [-0.15, -0.1) is 0 Å². The van der Waals surface area contributed by atoms with E-state index in [1.165, 1.54) is 32.1 Å². The SMILES string of the molecule is Nc1ncc(C2CCCCC2)nc1Br. The zero-order chi connectivity index (χ0) is 9.97. The van der Waals surface area contributed by atoms with E-state index in [9.17, 15) is 0 Å². The molecule has 2 rings (SSSR count). The Hall–Kier alpha value is -0.640. The van der Waals surface area contributed by atoms with Gasteiger partial charge < -0.3 is 5.73 Å². The average Bonchev–Trinajstić information content (AvgIpc) is 2.23. The lowest BCUT2D eigenvalue weighted by atomic mass is 9.87. The Kier molecular flexibility index (Phi) is 3.01. The Labute approximate surface area is 92.3 Å². The third-order valence-corrected chi connectivity index (χ3v) is 3.38. The molecule has 0 unspecified atom stereocenters. The zero-order valence-corrected chi connectivity index (χ0v) is 9.63. The minimum atomic E-state index is 0.476. The maximum atomic E-state index is 5.60. The average molecular weight is 256 g/mol. The largest absolute Gasteiger partial charge is 0.381 e. The van der Waals surface area contributed by atoms with Crippen molar-refractivity contribution >= 4 is 21.7 Å². The molecule has 1 fully saturated rings. The summed E-state index contributed by atoms with van der Waals surface area (Å²) in [6, 6.07) is 0. The van der Waals surface area contributed by atoms with Gasteiger partial charge in [-0.3, -0.25) is 0 Å². The molecular formula is C10H14BrN3. The van der Waals surface area contributed by atoms with Crippen LogP contribution in [0.25, 0.3) is 0 Å². The van der Waals surface area contributed by atoms with Crippen molar-refractivity contribution in [2.75, 3.05) is 5.73 Å². The van der Waals surface area contributed by atoms with Gasteiger partial charge in [-0.1, -0.05) is 19.3 Å². The zero-order valence-electron chi connectivity index (χ0n) is 8.04. The van der Waals surface area contributed by atoms with Crippen LogP contribution in [-0.4, -0.2) is 9.97 Å². The Balaban J connectivity index is 2.18. The summed E-state index contributed by atoms with van der Waals surface area (Å²) >= 11 is 3.31. The van der Waals surface area contributed by atoms with Crippen molar-refractivity contribution in [1.29, 1.82) is 0 Å². The van der Waals surface area contributed by atoms with E-state index in [1.807, 2.05) is 6.20 Å². The van der Waals surface area contributed by atoms with Gasteiger partial charge in [0.15, 0.2) is 5.82 Å². The summed E-state index contributed by atoms with van der Waals surface area (Å²) in [4.78, 5) is 8.55. The highest BCUT2D eigenvalue weighted by Gasteiger charge is 2.17. The van der Waals surface area contributed by atoms with Crippen LogP contribution in [-0.2, 0) is 0 Å². The number of rotatable bonds is 1. The van der Waals surface area contributed by atoms with E-state index in [0.717, 1.165) is 5.69 Å². The Bertz CT molecular complexity index is 321. The van der Waals surface area contributed by atoms with E-state index >= 15 is 0 Å². The number of aromatic nitrogens is 2. The van der Waals surface area contributed by atoms with Crippen molar-refractivity contribution in [3.63, 3.8) is 0 Å². The molecule has 1 aromatic heterocycles. The molecule has 76 valence electrons. The minimum Gasteiger partial charge on any atom is -0.381 e. The summed E-state index contributed by atoms with van der Waals surface area (Å²) in [5, 5.41) is 0. The van der Waals surface area contributed by atoms with Crippen LogP contribution in [0.15, 0.2) is 10.8 Å². The summed E-state index contributed by atoms with van der Waals surface area (Å²) in [5.41, 5.74) is 6.69. The number of hydrogen-bond donors (Lipinski definition) is 1. The summed E-state index contributed by atoms with van der Waals surface area (Å²) in [6.45, 7) is 0. The molecule has 2 N–H and O–H groups in total. The highest BCUT2D eigenvalue weighted by Crippen LogP contribution is 2.32. The lowest BCUT2D eigenvalue weighted by Crippen LogP contribution is -2.08. The third kappa shape index (κ3) is 2.05. The fourth-order valence-corrected chi connectivity index (χ4v) is 2.29. The number of anilines is 1. The first kappa shape index (κ1) is 9.90. The molecule has 1 aromatic rings. The Morgan fingerprint density at radius 2 is 2.00 bits per heavy atom. The lowest BCUT2D eigenvalue weighted by molar-refractivity contribution is 0.435. The van der Waals surface area contributed by atoms with Crippen molar-refractivity contribution in [3.8, 4) is 0 Å². The van der Waals surface area contributed by atoms with Crippen LogP contribution in [0.1, 0.15) is 43.7 Å². The predicted molar refractivity (Wildman–Crippen MR) is 60.0 cm³/mol. The van der Waals surface area contributed by atoms with E-state index in [0.29, 0.717) is 16.3 Å². The van der Waals surface area contributed by atoms with Gasteiger partial charge in [-0.05, 0) is 28.8 Å². The molecule has 0 aromatic carbocycles. The monoisotopic (exact) mass is 255 g/mol. The first-order chi connectivity index (χ1) is 6.77. The van der Waals surface area contributed by atoms with Gasteiger partial charge >= 0.3 is 0 Å². The van der Waals surface area contributed by atoms with Crippen LogP contribution in [0, 0.1) is 0 Å². The van der Waals surface area contributed by atoms with Crippen LogP contribution in [0.2, 0.25) is 0 Å². The molecule has 0 spiro atoms. The molecule has 3 nitrogen and oxygen atoms in total. The van der Waals surface area contributed by atoms with Gasteiger partial charge in [0.25, 0.3) is 0 Å². The van der Waals surface area contributed by atoms with Gasteiger partial charge in [-0.25, -0.2) is 9.97 Å². The van der Waals surface area contributed by atoms with Crippen molar-refractivity contribution in [1.82, 2.24) is 9.97 Å². The van der Waals surface area contributed by atoms with Crippen LogP contribution < -0.4 is 5.73 Å². The molecule has 1 saturated carbocycles. The fourth-order valence-electron chi connectivity index (χ4n) is 1.98.